The van der Waals surface area contributed by atoms with Gasteiger partial charge < -0.3 is 10.2 Å². The van der Waals surface area contributed by atoms with E-state index < -0.39 is 0 Å². The summed E-state index contributed by atoms with van der Waals surface area (Å²) in [6.07, 6.45) is 0. The molecule has 0 aliphatic carbocycles. The minimum atomic E-state index is -0.0321. The third-order valence-electron chi connectivity index (χ3n) is 3.02. The molecule has 0 aliphatic heterocycles. The molecule has 0 saturated carbocycles. The topological polar surface area (TPSA) is 52.7 Å². The molecule has 0 saturated heterocycles. The summed E-state index contributed by atoms with van der Waals surface area (Å²) < 4.78 is 0. The third kappa shape index (κ3) is 6.89. The Morgan fingerprint density at radius 1 is 0.950 bits per heavy atom. The monoisotopic (exact) mass is 285 g/mol. The highest BCUT2D eigenvalue weighted by Gasteiger charge is 2.22. The van der Waals surface area contributed by atoms with E-state index in [1.54, 1.807) is 0 Å². The van der Waals surface area contributed by atoms with E-state index in [1.807, 2.05) is 58.3 Å². The fourth-order valence-electron chi connectivity index (χ4n) is 2.30. The fourth-order valence-corrected chi connectivity index (χ4v) is 2.30. The van der Waals surface area contributed by atoms with Gasteiger partial charge in [-0.3, -0.25) is 14.5 Å². The molecule has 5 nitrogen and oxygen atoms in total. The van der Waals surface area contributed by atoms with Crippen molar-refractivity contribution in [3.05, 3.63) is 0 Å². The van der Waals surface area contributed by atoms with Gasteiger partial charge in [-0.25, -0.2) is 0 Å². The molecular formula is C15H31N3O2. The molecule has 0 heterocycles. The Bertz CT molecular complexity index is 306. The molecule has 0 spiro atoms. The second-order valence-electron chi connectivity index (χ2n) is 6.01. The molecule has 20 heavy (non-hydrogen) atoms. The van der Waals surface area contributed by atoms with E-state index in [4.69, 9.17) is 0 Å². The fraction of sp³-hybridized carbons (Fsp3) is 0.867. The average molecular weight is 285 g/mol. The predicted molar refractivity (Wildman–Crippen MR) is 82.5 cm³/mol. The lowest BCUT2D eigenvalue weighted by molar-refractivity contribution is -0.136. The van der Waals surface area contributed by atoms with E-state index in [-0.39, 0.29) is 36.5 Å². The van der Waals surface area contributed by atoms with Gasteiger partial charge in [0.25, 0.3) is 0 Å². The number of hydrogen-bond donors (Lipinski definition) is 1. The van der Waals surface area contributed by atoms with Crippen LogP contribution in [0, 0.1) is 0 Å². The quantitative estimate of drug-likeness (QED) is 0.735. The molecule has 2 amide bonds. The number of carbonyl (C=O) groups excluding carboxylic acids is 2. The molecule has 5 heteroatoms. The van der Waals surface area contributed by atoms with Gasteiger partial charge in [0.15, 0.2) is 0 Å². The molecule has 0 aromatic heterocycles. The van der Waals surface area contributed by atoms with E-state index in [1.165, 1.54) is 0 Å². The molecule has 0 aromatic rings. The summed E-state index contributed by atoms with van der Waals surface area (Å²) in [6.45, 7) is 15.1. The average Bonchev–Trinajstić information content (AvgIpc) is 2.25. The Labute approximate surface area is 123 Å². The Balaban J connectivity index is 4.55. The maximum atomic E-state index is 12.4. The van der Waals surface area contributed by atoms with E-state index in [0.717, 1.165) is 0 Å². The van der Waals surface area contributed by atoms with Crippen molar-refractivity contribution in [2.45, 2.75) is 66.6 Å². The number of nitrogens with zero attached hydrogens (tertiary/aromatic N) is 2. The molecule has 0 atom stereocenters. The molecule has 0 rings (SSSR count). The number of carbonyl (C=O) groups is 2. The first-order valence-electron chi connectivity index (χ1n) is 7.51. The van der Waals surface area contributed by atoms with E-state index in [9.17, 15) is 9.59 Å². The van der Waals surface area contributed by atoms with E-state index in [2.05, 4.69) is 5.32 Å². The summed E-state index contributed by atoms with van der Waals surface area (Å²) in [5.41, 5.74) is 0. The molecule has 0 fully saturated rings. The highest BCUT2D eigenvalue weighted by Crippen LogP contribution is 2.06. The molecule has 1 N–H and O–H groups in total. The maximum absolute atomic E-state index is 12.4. The van der Waals surface area contributed by atoms with Crippen molar-refractivity contribution in [3.8, 4) is 0 Å². The van der Waals surface area contributed by atoms with Crippen molar-refractivity contribution in [2.75, 3.05) is 19.6 Å². The van der Waals surface area contributed by atoms with Gasteiger partial charge in [-0.1, -0.05) is 6.92 Å². The van der Waals surface area contributed by atoms with Crippen molar-refractivity contribution in [2.24, 2.45) is 0 Å². The molecular weight excluding hydrogens is 254 g/mol. The van der Waals surface area contributed by atoms with Crippen LogP contribution in [0.2, 0.25) is 0 Å². The van der Waals surface area contributed by atoms with Gasteiger partial charge in [-0.05, 0) is 48.1 Å². The van der Waals surface area contributed by atoms with Gasteiger partial charge in [0.2, 0.25) is 11.8 Å². The van der Waals surface area contributed by atoms with Crippen molar-refractivity contribution in [1.82, 2.24) is 15.1 Å². The standard InChI is InChI=1S/C15H31N3O2/c1-8-17(9-14(19)16-11(2)3)10-15(20)18(12(4)5)13(6)7/h11-13H,8-10H2,1-7H3,(H,16,19). The van der Waals surface area contributed by atoms with Gasteiger partial charge in [0.05, 0.1) is 13.1 Å². The van der Waals surface area contributed by atoms with Gasteiger partial charge in [0, 0.05) is 18.1 Å². The SMILES string of the molecule is CCN(CC(=O)NC(C)C)CC(=O)N(C(C)C)C(C)C. The minimum Gasteiger partial charge on any atom is -0.353 e. The first-order chi connectivity index (χ1) is 9.18. The second-order valence-corrected chi connectivity index (χ2v) is 6.01. The van der Waals surface area contributed by atoms with Crippen LogP contribution in [-0.4, -0.2) is 59.4 Å². The van der Waals surface area contributed by atoms with Gasteiger partial charge >= 0.3 is 0 Å². The zero-order valence-electron chi connectivity index (χ0n) is 14.1. The zero-order chi connectivity index (χ0) is 15.9. The highest BCUT2D eigenvalue weighted by atomic mass is 16.2. The van der Waals surface area contributed by atoms with Crippen LogP contribution in [0.3, 0.4) is 0 Å². The van der Waals surface area contributed by atoms with E-state index in [0.29, 0.717) is 13.1 Å². The van der Waals surface area contributed by atoms with E-state index >= 15 is 0 Å². The molecule has 0 aromatic carbocycles. The lowest BCUT2D eigenvalue weighted by Crippen LogP contribution is -2.49. The Hall–Kier alpha value is -1.10. The van der Waals surface area contributed by atoms with Gasteiger partial charge in [0.1, 0.15) is 0 Å². The molecule has 0 radical (unpaired) electrons. The van der Waals surface area contributed by atoms with Crippen LogP contribution in [0.5, 0.6) is 0 Å². The van der Waals surface area contributed by atoms with Gasteiger partial charge in [-0.15, -0.1) is 0 Å². The van der Waals surface area contributed by atoms with Crippen LogP contribution in [0.1, 0.15) is 48.5 Å². The van der Waals surface area contributed by atoms with Crippen molar-refractivity contribution >= 4 is 11.8 Å². The molecule has 0 unspecified atom stereocenters. The van der Waals surface area contributed by atoms with Crippen molar-refractivity contribution in [1.29, 1.82) is 0 Å². The number of amides is 2. The lowest BCUT2D eigenvalue weighted by atomic mass is 10.2. The summed E-state index contributed by atoms with van der Waals surface area (Å²) in [5, 5.41) is 2.85. The largest absolute Gasteiger partial charge is 0.353 e. The third-order valence-corrected chi connectivity index (χ3v) is 3.02. The second kappa shape index (κ2) is 8.95. The van der Waals surface area contributed by atoms with Crippen LogP contribution < -0.4 is 5.32 Å². The van der Waals surface area contributed by atoms with Crippen LogP contribution in [0.15, 0.2) is 0 Å². The summed E-state index contributed by atoms with van der Waals surface area (Å²) >= 11 is 0. The Morgan fingerprint density at radius 2 is 1.45 bits per heavy atom. The highest BCUT2D eigenvalue weighted by molar-refractivity contribution is 5.81. The summed E-state index contributed by atoms with van der Waals surface area (Å²) in [4.78, 5) is 27.9. The number of likely N-dealkylation sites (N-methyl/N-ethyl adjacent to an activating group) is 1. The molecule has 118 valence electrons. The summed E-state index contributed by atoms with van der Waals surface area (Å²) in [6, 6.07) is 0.469. The maximum Gasteiger partial charge on any atom is 0.237 e. The normalized spacial score (nSPS) is 11.6. The minimum absolute atomic E-state index is 0.0321. The first-order valence-corrected chi connectivity index (χ1v) is 7.51. The predicted octanol–water partition coefficient (Wildman–Crippen LogP) is 1.48. The lowest BCUT2D eigenvalue weighted by Gasteiger charge is -2.33. The number of hydrogen-bond acceptors (Lipinski definition) is 3. The summed E-state index contributed by atoms with van der Waals surface area (Å²) in [5.74, 6) is 0.0458. The number of rotatable bonds is 8. The smallest absolute Gasteiger partial charge is 0.237 e. The van der Waals surface area contributed by atoms with Crippen molar-refractivity contribution < 1.29 is 9.59 Å². The van der Waals surface area contributed by atoms with Crippen LogP contribution in [0.4, 0.5) is 0 Å². The Morgan fingerprint density at radius 3 is 1.80 bits per heavy atom. The first kappa shape index (κ1) is 18.9. The van der Waals surface area contributed by atoms with Crippen LogP contribution >= 0.6 is 0 Å². The molecule has 0 aliphatic rings. The number of nitrogens with one attached hydrogen (secondary N) is 1. The van der Waals surface area contributed by atoms with Gasteiger partial charge in [-0.2, -0.15) is 0 Å². The zero-order valence-corrected chi connectivity index (χ0v) is 14.1. The Kier molecular flexibility index (Phi) is 8.46. The summed E-state index contributed by atoms with van der Waals surface area (Å²) in [7, 11) is 0. The molecule has 0 bridgehead atoms. The van der Waals surface area contributed by atoms with Crippen LogP contribution in [0.25, 0.3) is 0 Å². The van der Waals surface area contributed by atoms with Crippen molar-refractivity contribution in [3.63, 3.8) is 0 Å². The van der Waals surface area contributed by atoms with Crippen LogP contribution in [-0.2, 0) is 9.59 Å².